The maximum atomic E-state index is 5.63. The molecule has 0 bridgehead atoms. The van der Waals surface area contributed by atoms with Gasteiger partial charge in [-0.2, -0.15) is 0 Å². The Morgan fingerprint density at radius 3 is 2.89 bits per heavy atom. The van der Waals surface area contributed by atoms with E-state index in [1.807, 2.05) is 0 Å². The van der Waals surface area contributed by atoms with E-state index >= 15 is 0 Å². The number of nitrogens with zero attached hydrogens (tertiary/aromatic N) is 1. The molecule has 2 rings (SSSR count). The molecule has 1 aliphatic heterocycles. The smallest absolute Gasteiger partial charge is 0.0674 e. The van der Waals surface area contributed by atoms with Gasteiger partial charge in [0.2, 0.25) is 0 Å². The van der Waals surface area contributed by atoms with Gasteiger partial charge >= 0.3 is 0 Å². The van der Waals surface area contributed by atoms with Crippen LogP contribution in [-0.2, 0) is 4.74 Å². The summed E-state index contributed by atoms with van der Waals surface area (Å²) in [6, 6.07) is 0.761. The molecular formula is C15H30N2O. The van der Waals surface area contributed by atoms with Crippen molar-refractivity contribution < 1.29 is 4.74 Å². The summed E-state index contributed by atoms with van der Waals surface area (Å²) in [7, 11) is 0. The standard InChI is InChI=1S/C15H30N2O/c1-3-8-16-15-7-5-4-6-14(15)12-17-9-10-18-13(2)11-17/h13-16H,3-12H2,1-2H3. The molecule has 1 heterocycles. The second kappa shape index (κ2) is 7.46. The Bertz CT molecular complexity index is 235. The van der Waals surface area contributed by atoms with Crippen molar-refractivity contribution in [2.75, 3.05) is 32.8 Å². The zero-order valence-electron chi connectivity index (χ0n) is 12.2. The minimum absolute atomic E-state index is 0.421. The lowest BCUT2D eigenvalue weighted by atomic mass is 9.84. The molecule has 106 valence electrons. The van der Waals surface area contributed by atoms with E-state index in [0.717, 1.165) is 31.7 Å². The lowest BCUT2D eigenvalue weighted by Gasteiger charge is -2.38. The van der Waals surface area contributed by atoms with Crippen molar-refractivity contribution in [1.82, 2.24) is 10.2 Å². The molecule has 0 amide bonds. The van der Waals surface area contributed by atoms with Crippen LogP contribution in [0.4, 0.5) is 0 Å². The van der Waals surface area contributed by atoms with Crippen LogP contribution in [0.1, 0.15) is 46.0 Å². The van der Waals surface area contributed by atoms with Crippen LogP contribution in [0.5, 0.6) is 0 Å². The van der Waals surface area contributed by atoms with Gasteiger partial charge in [-0.1, -0.05) is 19.8 Å². The van der Waals surface area contributed by atoms with E-state index in [9.17, 15) is 0 Å². The average Bonchev–Trinajstić information content (AvgIpc) is 2.38. The summed E-state index contributed by atoms with van der Waals surface area (Å²) < 4.78 is 5.63. The van der Waals surface area contributed by atoms with Gasteiger partial charge in [-0.3, -0.25) is 4.90 Å². The van der Waals surface area contributed by atoms with Crippen molar-refractivity contribution in [1.29, 1.82) is 0 Å². The fraction of sp³-hybridized carbons (Fsp3) is 1.00. The Kier molecular flexibility index (Phi) is 5.93. The van der Waals surface area contributed by atoms with Crippen LogP contribution in [0.3, 0.4) is 0 Å². The number of morpholine rings is 1. The highest BCUT2D eigenvalue weighted by Crippen LogP contribution is 2.26. The SMILES string of the molecule is CCCNC1CCCCC1CN1CCOC(C)C1. The van der Waals surface area contributed by atoms with E-state index in [4.69, 9.17) is 4.74 Å². The molecule has 1 saturated heterocycles. The summed E-state index contributed by atoms with van der Waals surface area (Å²) in [5.74, 6) is 0.857. The predicted molar refractivity (Wildman–Crippen MR) is 75.9 cm³/mol. The molecule has 0 aromatic heterocycles. The van der Waals surface area contributed by atoms with E-state index < -0.39 is 0 Å². The zero-order chi connectivity index (χ0) is 12.8. The maximum Gasteiger partial charge on any atom is 0.0674 e. The van der Waals surface area contributed by atoms with E-state index in [1.54, 1.807) is 0 Å². The summed E-state index contributed by atoms with van der Waals surface area (Å²) >= 11 is 0. The fourth-order valence-corrected chi connectivity index (χ4v) is 3.41. The van der Waals surface area contributed by atoms with Gasteiger partial charge in [0.05, 0.1) is 12.7 Å². The van der Waals surface area contributed by atoms with Crippen LogP contribution in [0.25, 0.3) is 0 Å². The quantitative estimate of drug-likeness (QED) is 0.814. The summed E-state index contributed by atoms with van der Waals surface area (Å²) in [5.41, 5.74) is 0. The van der Waals surface area contributed by atoms with Crippen LogP contribution >= 0.6 is 0 Å². The van der Waals surface area contributed by atoms with Crippen LogP contribution < -0.4 is 5.32 Å². The Hall–Kier alpha value is -0.120. The summed E-state index contributed by atoms with van der Waals surface area (Å²) in [6.07, 6.45) is 7.30. The van der Waals surface area contributed by atoms with Crippen molar-refractivity contribution in [3.63, 3.8) is 0 Å². The fourth-order valence-electron chi connectivity index (χ4n) is 3.41. The highest BCUT2D eigenvalue weighted by atomic mass is 16.5. The second-order valence-electron chi connectivity index (χ2n) is 6.05. The first-order chi connectivity index (χ1) is 8.79. The number of ether oxygens (including phenoxy) is 1. The summed E-state index contributed by atoms with van der Waals surface area (Å²) in [5, 5.41) is 3.76. The van der Waals surface area contributed by atoms with Crippen molar-refractivity contribution in [3.8, 4) is 0 Å². The molecule has 3 unspecified atom stereocenters. The Balaban J connectivity index is 1.80. The van der Waals surface area contributed by atoms with Crippen LogP contribution in [0, 0.1) is 5.92 Å². The van der Waals surface area contributed by atoms with Gasteiger partial charge in [-0.25, -0.2) is 0 Å². The molecular weight excluding hydrogens is 224 g/mol. The van der Waals surface area contributed by atoms with Crippen molar-refractivity contribution in [2.45, 2.75) is 58.1 Å². The largest absolute Gasteiger partial charge is 0.376 e. The third-order valence-corrected chi connectivity index (χ3v) is 4.38. The molecule has 1 aliphatic carbocycles. The Labute approximate surface area is 112 Å². The van der Waals surface area contributed by atoms with Gasteiger partial charge < -0.3 is 10.1 Å². The highest BCUT2D eigenvalue weighted by Gasteiger charge is 2.27. The van der Waals surface area contributed by atoms with Crippen LogP contribution in [0.15, 0.2) is 0 Å². The molecule has 2 fully saturated rings. The maximum absolute atomic E-state index is 5.63. The third kappa shape index (κ3) is 4.22. The minimum atomic E-state index is 0.421. The van der Waals surface area contributed by atoms with E-state index in [-0.39, 0.29) is 0 Å². The lowest BCUT2D eigenvalue weighted by molar-refractivity contribution is -0.0265. The monoisotopic (exact) mass is 254 g/mol. The Morgan fingerprint density at radius 1 is 1.28 bits per heavy atom. The number of rotatable bonds is 5. The zero-order valence-corrected chi connectivity index (χ0v) is 12.2. The third-order valence-electron chi connectivity index (χ3n) is 4.38. The van der Waals surface area contributed by atoms with Crippen molar-refractivity contribution in [2.24, 2.45) is 5.92 Å². The topological polar surface area (TPSA) is 24.5 Å². The second-order valence-corrected chi connectivity index (χ2v) is 6.05. The molecule has 3 heteroatoms. The van der Waals surface area contributed by atoms with E-state index in [0.29, 0.717) is 6.10 Å². The molecule has 1 saturated carbocycles. The first-order valence-electron chi connectivity index (χ1n) is 7.87. The first-order valence-corrected chi connectivity index (χ1v) is 7.87. The normalized spacial score (nSPS) is 34.7. The number of hydrogen-bond donors (Lipinski definition) is 1. The van der Waals surface area contributed by atoms with Crippen molar-refractivity contribution >= 4 is 0 Å². The molecule has 3 atom stereocenters. The first kappa shape index (κ1) is 14.3. The number of nitrogens with one attached hydrogen (secondary N) is 1. The predicted octanol–water partition coefficient (Wildman–Crippen LogP) is 2.27. The van der Waals surface area contributed by atoms with Crippen LogP contribution in [-0.4, -0.2) is 49.8 Å². The summed E-state index contributed by atoms with van der Waals surface area (Å²) in [4.78, 5) is 2.62. The van der Waals surface area contributed by atoms with E-state index in [1.165, 1.54) is 45.2 Å². The van der Waals surface area contributed by atoms with Crippen molar-refractivity contribution in [3.05, 3.63) is 0 Å². The summed E-state index contributed by atoms with van der Waals surface area (Å²) in [6.45, 7) is 10.1. The molecule has 18 heavy (non-hydrogen) atoms. The molecule has 1 N–H and O–H groups in total. The molecule has 0 spiro atoms. The van der Waals surface area contributed by atoms with E-state index in [2.05, 4.69) is 24.1 Å². The molecule has 0 aromatic carbocycles. The van der Waals surface area contributed by atoms with Gasteiger partial charge in [0.1, 0.15) is 0 Å². The van der Waals surface area contributed by atoms with Gasteiger partial charge in [-0.15, -0.1) is 0 Å². The van der Waals surface area contributed by atoms with Gasteiger partial charge in [-0.05, 0) is 38.6 Å². The van der Waals surface area contributed by atoms with Gasteiger partial charge in [0.25, 0.3) is 0 Å². The highest BCUT2D eigenvalue weighted by molar-refractivity contribution is 4.84. The molecule has 3 nitrogen and oxygen atoms in total. The Morgan fingerprint density at radius 2 is 2.11 bits per heavy atom. The molecule has 0 radical (unpaired) electrons. The average molecular weight is 254 g/mol. The number of hydrogen-bond acceptors (Lipinski definition) is 3. The lowest BCUT2D eigenvalue weighted by Crippen LogP contribution is -2.48. The van der Waals surface area contributed by atoms with Gasteiger partial charge in [0.15, 0.2) is 0 Å². The molecule has 0 aromatic rings. The minimum Gasteiger partial charge on any atom is -0.376 e. The molecule has 2 aliphatic rings. The van der Waals surface area contributed by atoms with Gasteiger partial charge in [0, 0.05) is 25.7 Å². The van der Waals surface area contributed by atoms with Crippen LogP contribution in [0.2, 0.25) is 0 Å².